The second kappa shape index (κ2) is 5.14. The summed E-state index contributed by atoms with van der Waals surface area (Å²) in [5, 5.41) is 3.22. The van der Waals surface area contributed by atoms with Crippen molar-refractivity contribution < 1.29 is 9.53 Å². The summed E-state index contributed by atoms with van der Waals surface area (Å²) in [6, 6.07) is 19.3. The number of anilines is 1. The number of esters is 1. The van der Waals surface area contributed by atoms with Crippen molar-refractivity contribution in [1.29, 1.82) is 0 Å². The molecule has 3 heteroatoms. The third kappa shape index (κ3) is 2.60. The molecule has 0 aromatic heterocycles. The van der Waals surface area contributed by atoms with Gasteiger partial charge in [-0.05, 0) is 17.7 Å². The summed E-state index contributed by atoms with van der Waals surface area (Å²) in [5.74, 6) is -0.183. The lowest BCUT2D eigenvalue weighted by molar-refractivity contribution is -0.142. The molecule has 1 fully saturated rings. The topological polar surface area (TPSA) is 38.3 Å². The number of rotatable bonds is 3. The number of benzene rings is 2. The minimum Gasteiger partial charge on any atom is -0.456 e. The molecule has 19 heavy (non-hydrogen) atoms. The van der Waals surface area contributed by atoms with Crippen LogP contribution in [0.2, 0.25) is 0 Å². The normalized spacial score (nSPS) is 22.0. The van der Waals surface area contributed by atoms with Gasteiger partial charge in [-0.1, -0.05) is 48.5 Å². The number of cyclic esters (lactones) is 1. The number of nitrogens with one attached hydrogen (secondary N) is 1. The molecule has 3 rings (SSSR count). The maximum absolute atomic E-state index is 11.9. The van der Waals surface area contributed by atoms with E-state index in [1.54, 1.807) is 0 Å². The Balaban J connectivity index is 1.71. The lowest BCUT2D eigenvalue weighted by Crippen LogP contribution is -2.24. The highest BCUT2D eigenvalue weighted by molar-refractivity contribution is 5.81. The molecular formula is C16H15NO2. The molecule has 1 heterocycles. The van der Waals surface area contributed by atoms with Crippen molar-refractivity contribution in [2.75, 3.05) is 5.32 Å². The first kappa shape index (κ1) is 11.8. The van der Waals surface area contributed by atoms with Gasteiger partial charge in [0.15, 0.2) is 0 Å². The van der Waals surface area contributed by atoms with E-state index in [4.69, 9.17) is 4.74 Å². The van der Waals surface area contributed by atoms with E-state index in [2.05, 4.69) is 5.32 Å². The lowest BCUT2D eigenvalue weighted by Gasteiger charge is -2.10. The SMILES string of the molecule is O=C1O[C@H](c2ccccc2)C[C@H]1Nc1ccccc1. The Hall–Kier alpha value is -2.29. The van der Waals surface area contributed by atoms with Crippen LogP contribution in [0.15, 0.2) is 60.7 Å². The van der Waals surface area contributed by atoms with Gasteiger partial charge in [0.05, 0.1) is 0 Å². The molecule has 0 saturated carbocycles. The second-order valence-corrected chi connectivity index (χ2v) is 4.63. The number of carbonyl (C=O) groups excluding carboxylic acids is 1. The highest BCUT2D eigenvalue weighted by Crippen LogP contribution is 2.31. The van der Waals surface area contributed by atoms with Gasteiger partial charge in [-0.2, -0.15) is 0 Å². The van der Waals surface area contributed by atoms with E-state index >= 15 is 0 Å². The summed E-state index contributed by atoms with van der Waals surface area (Å²) in [7, 11) is 0. The van der Waals surface area contributed by atoms with E-state index in [1.165, 1.54) is 0 Å². The zero-order chi connectivity index (χ0) is 13.1. The molecular weight excluding hydrogens is 238 g/mol. The largest absolute Gasteiger partial charge is 0.456 e. The van der Waals surface area contributed by atoms with Crippen LogP contribution in [-0.4, -0.2) is 12.0 Å². The highest BCUT2D eigenvalue weighted by Gasteiger charge is 2.35. The first-order valence-corrected chi connectivity index (χ1v) is 6.40. The van der Waals surface area contributed by atoms with Crippen molar-refractivity contribution in [3.8, 4) is 0 Å². The smallest absolute Gasteiger partial charge is 0.329 e. The number of hydrogen-bond acceptors (Lipinski definition) is 3. The molecule has 3 nitrogen and oxygen atoms in total. The predicted molar refractivity (Wildman–Crippen MR) is 73.7 cm³/mol. The fourth-order valence-electron chi connectivity index (χ4n) is 2.31. The molecule has 0 amide bonds. The summed E-state index contributed by atoms with van der Waals surface area (Å²) in [4.78, 5) is 11.9. The van der Waals surface area contributed by atoms with Gasteiger partial charge in [0.25, 0.3) is 0 Å². The van der Waals surface area contributed by atoms with Crippen LogP contribution < -0.4 is 5.32 Å². The van der Waals surface area contributed by atoms with Crippen LogP contribution >= 0.6 is 0 Å². The maximum atomic E-state index is 11.9. The average Bonchev–Trinajstić information content (AvgIpc) is 2.82. The number of ether oxygens (including phenoxy) is 1. The van der Waals surface area contributed by atoms with E-state index in [9.17, 15) is 4.79 Å². The fraction of sp³-hybridized carbons (Fsp3) is 0.188. The number of para-hydroxylation sites is 1. The van der Waals surface area contributed by atoms with Crippen LogP contribution in [0, 0.1) is 0 Å². The van der Waals surface area contributed by atoms with Crippen molar-refractivity contribution in [3.63, 3.8) is 0 Å². The van der Waals surface area contributed by atoms with Crippen LogP contribution in [0.25, 0.3) is 0 Å². The zero-order valence-corrected chi connectivity index (χ0v) is 10.5. The molecule has 2 atom stereocenters. The van der Waals surface area contributed by atoms with Crippen LogP contribution in [0.1, 0.15) is 18.1 Å². The molecule has 2 aromatic rings. The highest BCUT2D eigenvalue weighted by atomic mass is 16.6. The summed E-state index contributed by atoms with van der Waals surface area (Å²) < 4.78 is 5.43. The van der Waals surface area contributed by atoms with Crippen molar-refractivity contribution in [2.45, 2.75) is 18.6 Å². The first-order valence-electron chi connectivity index (χ1n) is 6.40. The van der Waals surface area contributed by atoms with Crippen LogP contribution in [0.4, 0.5) is 5.69 Å². The van der Waals surface area contributed by atoms with E-state index in [1.807, 2.05) is 60.7 Å². The molecule has 1 aliphatic rings. The van der Waals surface area contributed by atoms with Crippen molar-refractivity contribution in [1.82, 2.24) is 0 Å². The van der Waals surface area contributed by atoms with Gasteiger partial charge in [-0.25, -0.2) is 4.79 Å². The van der Waals surface area contributed by atoms with Gasteiger partial charge in [0, 0.05) is 12.1 Å². The van der Waals surface area contributed by atoms with Gasteiger partial charge < -0.3 is 10.1 Å². The molecule has 0 aliphatic carbocycles. The maximum Gasteiger partial charge on any atom is 0.329 e. The quantitative estimate of drug-likeness (QED) is 0.854. The van der Waals surface area contributed by atoms with E-state index < -0.39 is 0 Å². The summed E-state index contributed by atoms with van der Waals surface area (Å²) in [5.41, 5.74) is 1.99. The lowest BCUT2D eigenvalue weighted by atomic mass is 10.0. The predicted octanol–water partition coefficient (Wildman–Crippen LogP) is 3.16. The molecule has 0 bridgehead atoms. The Morgan fingerprint density at radius 2 is 1.58 bits per heavy atom. The summed E-state index contributed by atoms with van der Waals surface area (Å²) >= 11 is 0. The Kier molecular flexibility index (Phi) is 3.19. The van der Waals surface area contributed by atoms with Gasteiger partial charge >= 0.3 is 5.97 Å². The number of carbonyl (C=O) groups is 1. The molecule has 96 valence electrons. The fourth-order valence-corrected chi connectivity index (χ4v) is 2.31. The monoisotopic (exact) mass is 253 g/mol. The zero-order valence-electron chi connectivity index (χ0n) is 10.5. The molecule has 0 radical (unpaired) electrons. The second-order valence-electron chi connectivity index (χ2n) is 4.63. The van der Waals surface area contributed by atoms with E-state index in [0.717, 1.165) is 11.3 Å². The van der Waals surface area contributed by atoms with E-state index in [0.29, 0.717) is 6.42 Å². The van der Waals surface area contributed by atoms with Crippen molar-refractivity contribution in [2.24, 2.45) is 0 Å². The van der Waals surface area contributed by atoms with E-state index in [-0.39, 0.29) is 18.1 Å². The third-order valence-electron chi connectivity index (χ3n) is 3.28. The third-order valence-corrected chi connectivity index (χ3v) is 3.28. The minimum atomic E-state index is -0.271. The summed E-state index contributed by atoms with van der Waals surface area (Å²) in [6.45, 7) is 0. The van der Waals surface area contributed by atoms with Crippen molar-refractivity contribution >= 4 is 11.7 Å². The van der Waals surface area contributed by atoms with Gasteiger partial charge in [-0.15, -0.1) is 0 Å². The van der Waals surface area contributed by atoms with Gasteiger partial charge in [0.1, 0.15) is 12.1 Å². The Bertz CT molecular complexity index is 553. The Labute approximate surface area is 112 Å². The Morgan fingerprint density at radius 3 is 2.26 bits per heavy atom. The Morgan fingerprint density at radius 1 is 0.947 bits per heavy atom. The standard InChI is InChI=1S/C16H15NO2/c18-16-14(17-13-9-5-2-6-10-13)11-15(19-16)12-7-3-1-4-8-12/h1-10,14-15,17H,11H2/t14-,15+/m1/s1. The molecule has 0 spiro atoms. The summed E-state index contributed by atoms with van der Waals surface area (Å²) in [6.07, 6.45) is 0.521. The molecule has 0 unspecified atom stereocenters. The first-order chi connectivity index (χ1) is 9.33. The van der Waals surface area contributed by atoms with Crippen molar-refractivity contribution in [3.05, 3.63) is 66.2 Å². The molecule has 1 aliphatic heterocycles. The molecule has 1 N–H and O–H groups in total. The average molecular weight is 253 g/mol. The van der Waals surface area contributed by atoms with Crippen LogP contribution in [0.3, 0.4) is 0 Å². The molecule has 2 aromatic carbocycles. The number of hydrogen-bond donors (Lipinski definition) is 1. The molecule has 1 saturated heterocycles. The minimum absolute atomic E-state index is 0.144. The van der Waals surface area contributed by atoms with Gasteiger partial charge in [0.2, 0.25) is 0 Å². The van der Waals surface area contributed by atoms with Crippen LogP contribution in [-0.2, 0) is 9.53 Å². The van der Waals surface area contributed by atoms with Gasteiger partial charge in [-0.3, -0.25) is 0 Å². The van der Waals surface area contributed by atoms with Crippen LogP contribution in [0.5, 0.6) is 0 Å².